The van der Waals surface area contributed by atoms with Crippen molar-refractivity contribution in [2.24, 2.45) is 0 Å². The first kappa shape index (κ1) is 24.3. The minimum absolute atomic E-state index is 0.213. The van der Waals surface area contributed by atoms with Gasteiger partial charge in [-0.25, -0.2) is 9.59 Å². The second-order valence-corrected chi connectivity index (χ2v) is 8.82. The molecule has 0 aliphatic carbocycles. The fourth-order valence-corrected chi connectivity index (χ4v) is 4.27. The minimum Gasteiger partial charge on any atom is -0.465 e. The van der Waals surface area contributed by atoms with Gasteiger partial charge < -0.3 is 14.8 Å². The normalized spacial score (nSPS) is 14.3. The minimum atomic E-state index is -1.10. The SMILES string of the molecule is COC(=O)c1ccccc1NC(=O)C(C)OC(=O)c1c2c(nc3ccccc13)CCN(C(C)C)C2. The van der Waals surface area contributed by atoms with Gasteiger partial charge in [-0.2, -0.15) is 0 Å². The number of nitrogens with one attached hydrogen (secondary N) is 1. The summed E-state index contributed by atoms with van der Waals surface area (Å²) in [6.45, 7) is 7.20. The lowest BCUT2D eigenvalue weighted by Gasteiger charge is -2.32. The maximum absolute atomic E-state index is 13.5. The molecule has 2 aromatic carbocycles. The molecular formula is C27H29N3O5. The standard InChI is InChI=1S/C27H29N3O5/c1-16(2)30-14-13-23-20(15-30)24(18-9-5-7-11-21(18)28-23)27(33)35-17(3)25(31)29-22-12-8-6-10-19(22)26(32)34-4/h5-12,16-17H,13-15H2,1-4H3,(H,29,31). The summed E-state index contributed by atoms with van der Waals surface area (Å²) in [5.41, 5.74) is 3.40. The highest BCUT2D eigenvalue weighted by molar-refractivity contribution is 6.07. The fourth-order valence-electron chi connectivity index (χ4n) is 4.27. The van der Waals surface area contributed by atoms with E-state index in [2.05, 4.69) is 24.1 Å². The van der Waals surface area contributed by atoms with Gasteiger partial charge in [0.15, 0.2) is 6.10 Å². The van der Waals surface area contributed by atoms with Gasteiger partial charge in [0.25, 0.3) is 5.91 Å². The number of para-hydroxylation sites is 2. The Kier molecular flexibility index (Phi) is 7.12. The molecule has 1 aromatic heterocycles. The second kappa shape index (κ2) is 10.2. The largest absolute Gasteiger partial charge is 0.465 e. The third-order valence-corrected chi connectivity index (χ3v) is 6.25. The summed E-state index contributed by atoms with van der Waals surface area (Å²) in [6, 6.07) is 14.3. The summed E-state index contributed by atoms with van der Waals surface area (Å²) in [6.07, 6.45) is -0.362. The van der Waals surface area contributed by atoms with E-state index in [0.29, 0.717) is 23.5 Å². The molecule has 8 heteroatoms. The van der Waals surface area contributed by atoms with Gasteiger partial charge in [-0.3, -0.25) is 14.7 Å². The van der Waals surface area contributed by atoms with Crippen LogP contribution in [0.4, 0.5) is 5.69 Å². The van der Waals surface area contributed by atoms with Crippen molar-refractivity contribution in [2.45, 2.75) is 45.9 Å². The van der Waals surface area contributed by atoms with E-state index in [1.165, 1.54) is 14.0 Å². The highest BCUT2D eigenvalue weighted by atomic mass is 16.5. The summed E-state index contributed by atoms with van der Waals surface area (Å²) in [5, 5.41) is 3.37. The van der Waals surface area contributed by atoms with Crippen molar-refractivity contribution in [3.05, 3.63) is 70.9 Å². The van der Waals surface area contributed by atoms with Crippen LogP contribution >= 0.6 is 0 Å². The average Bonchev–Trinajstić information content (AvgIpc) is 2.86. The molecule has 2 heterocycles. The lowest BCUT2D eigenvalue weighted by Crippen LogP contribution is -2.38. The number of amides is 1. The van der Waals surface area contributed by atoms with E-state index in [0.717, 1.165) is 29.7 Å². The van der Waals surface area contributed by atoms with Crippen LogP contribution in [-0.2, 0) is 27.2 Å². The molecule has 1 N–H and O–H groups in total. The maximum Gasteiger partial charge on any atom is 0.339 e. The van der Waals surface area contributed by atoms with E-state index < -0.39 is 23.9 Å². The van der Waals surface area contributed by atoms with E-state index in [-0.39, 0.29) is 11.3 Å². The molecule has 1 atom stereocenters. The summed E-state index contributed by atoms with van der Waals surface area (Å²) in [4.78, 5) is 45.4. The first-order chi connectivity index (χ1) is 16.8. The Labute approximate surface area is 204 Å². The number of esters is 2. The van der Waals surface area contributed by atoms with Crippen LogP contribution in [0.1, 0.15) is 52.7 Å². The Morgan fingerprint density at radius 2 is 1.71 bits per heavy atom. The van der Waals surface area contributed by atoms with Gasteiger partial charge in [0.05, 0.1) is 29.4 Å². The zero-order valence-corrected chi connectivity index (χ0v) is 20.3. The number of pyridine rings is 1. The fraction of sp³-hybridized carbons (Fsp3) is 0.333. The smallest absolute Gasteiger partial charge is 0.339 e. The van der Waals surface area contributed by atoms with E-state index in [1.807, 2.05) is 24.3 Å². The molecule has 0 saturated carbocycles. The van der Waals surface area contributed by atoms with E-state index in [4.69, 9.17) is 14.5 Å². The molecule has 0 bridgehead atoms. The van der Waals surface area contributed by atoms with E-state index in [9.17, 15) is 14.4 Å². The number of hydrogen-bond acceptors (Lipinski definition) is 7. The number of methoxy groups -OCH3 is 1. The van der Waals surface area contributed by atoms with E-state index in [1.54, 1.807) is 24.3 Å². The van der Waals surface area contributed by atoms with Crippen molar-refractivity contribution < 1.29 is 23.9 Å². The predicted octanol–water partition coefficient (Wildman–Crippen LogP) is 3.97. The van der Waals surface area contributed by atoms with Gasteiger partial charge in [-0.15, -0.1) is 0 Å². The molecule has 3 aromatic rings. The number of ether oxygens (including phenoxy) is 2. The van der Waals surface area contributed by atoms with Crippen LogP contribution in [-0.4, -0.2) is 53.5 Å². The summed E-state index contributed by atoms with van der Waals surface area (Å²) in [5.74, 6) is -1.70. The van der Waals surface area contributed by atoms with Gasteiger partial charge in [-0.1, -0.05) is 30.3 Å². The first-order valence-corrected chi connectivity index (χ1v) is 11.6. The highest BCUT2D eigenvalue weighted by Crippen LogP contribution is 2.30. The summed E-state index contributed by atoms with van der Waals surface area (Å²) >= 11 is 0. The van der Waals surface area contributed by atoms with Crippen LogP contribution in [0.25, 0.3) is 10.9 Å². The van der Waals surface area contributed by atoms with Crippen molar-refractivity contribution >= 4 is 34.4 Å². The van der Waals surface area contributed by atoms with Crippen LogP contribution in [0.5, 0.6) is 0 Å². The van der Waals surface area contributed by atoms with Gasteiger partial charge in [0.1, 0.15) is 0 Å². The molecule has 0 saturated heterocycles. The molecule has 8 nitrogen and oxygen atoms in total. The number of nitrogens with zero attached hydrogens (tertiary/aromatic N) is 2. The average molecular weight is 476 g/mol. The number of fused-ring (bicyclic) bond motifs is 2. The Morgan fingerprint density at radius 3 is 2.46 bits per heavy atom. The third kappa shape index (κ3) is 5.02. The maximum atomic E-state index is 13.5. The molecule has 0 spiro atoms. The second-order valence-electron chi connectivity index (χ2n) is 8.82. The highest BCUT2D eigenvalue weighted by Gasteiger charge is 2.29. The predicted molar refractivity (Wildman–Crippen MR) is 132 cm³/mol. The molecule has 1 amide bonds. The molecule has 4 rings (SSSR count). The van der Waals surface area contributed by atoms with Gasteiger partial charge >= 0.3 is 11.9 Å². The Bertz CT molecular complexity index is 1290. The van der Waals surface area contributed by atoms with Crippen molar-refractivity contribution in [2.75, 3.05) is 19.0 Å². The lowest BCUT2D eigenvalue weighted by molar-refractivity contribution is -0.123. The Hall–Kier alpha value is -3.78. The van der Waals surface area contributed by atoms with Gasteiger partial charge in [0.2, 0.25) is 0 Å². The monoisotopic (exact) mass is 475 g/mol. The molecule has 182 valence electrons. The van der Waals surface area contributed by atoms with Crippen LogP contribution in [0.3, 0.4) is 0 Å². The summed E-state index contributed by atoms with van der Waals surface area (Å²) < 4.78 is 10.4. The van der Waals surface area contributed by atoms with Crippen LogP contribution in [0.2, 0.25) is 0 Å². The van der Waals surface area contributed by atoms with Crippen molar-refractivity contribution in [1.29, 1.82) is 0 Å². The zero-order valence-electron chi connectivity index (χ0n) is 20.3. The number of rotatable bonds is 6. The lowest BCUT2D eigenvalue weighted by atomic mass is 9.95. The Morgan fingerprint density at radius 1 is 1.00 bits per heavy atom. The van der Waals surface area contributed by atoms with Crippen molar-refractivity contribution in [3.63, 3.8) is 0 Å². The van der Waals surface area contributed by atoms with Crippen LogP contribution in [0, 0.1) is 0 Å². The summed E-state index contributed by atoms with van der Waals surface area (Å²) in [7, 11) is 1.27. The number of carbonyl (C=O) groups is 3. The quantitative estimate of drug-likeness (QED) is 0.539. The van der Waals surface area contributed by atoms with Crippen molar-refractivity contribution in [1.82, 2.24) is 9.88 Å². The molecule has 35 heavy (non-hydrogen) atoms. The molecule has 1 aliphatic heterocycles. The number of anilines is 1. The van der Waals surface area contributed by atoms with Gasteiger partial charge in [0, 0.05) is 42.2 Å². The number of benzene rings is 2. The number of hydrogen-bond donors (Lipinski definition) is 1. The number of carbonyl (C=O) groups excluding carboxylic acids is 3. The Balaban J connectivity index is 1.61. The molecule has 0 fully saturated rings. The van der Waals surface area contributed by atoms with Crippen LogP contribution in [0.15, 0.2) is 48.5 Å². The molecule has 0 radical (unpaired) electrons. The van der Waals surface area contributed by atoms with E-state index >= 15 is 0 Å². The first-order valence-electron chi connectivity index (χ1n) is 11.6. The molecule has 1 aliphatic rings. The molecular weight excluding hydrogens is 446 g/mol. The van der Waals surface area contributed by atoms with Gasteiger partial charge in [-0.05, 0) is 39.0 Å². The van der Waals surface area contributed by atoms with Crippen LogP contribution < -0.4 is 5.32 Å². The number of aromatic nitrogens is 1. The topological polar surface area (TPSA) is 97.8 Å². The van der Waals surface area contributed by atoms with Crippen molar-refractivity contribution in [3.8, 4) is 0 Å². The molecule has 1 unspecified atom stereocenters. The third-order valence-electron chi connectivity index (χ3n) is 6.25. The zero-order chi connectivity index (χ0) is 25.1.